The minimum atomic E-state index is -4.38. The Balaban J connectivity index is 1.61. The number of methoxy groups -OCH3 is 1. The Morgan fingerprint density at radius 3 is 2.53 bits per heavy atom. The molecule has 180 valence electrons. The van der Waals surface area contributed by atoms with Crippen molar-refractivity contribution in [1.29, 1.82) is 0 Å². The molecular weight excluding hydrogens is 441 g/mol. The number of nitrogens with zero attached hydrogens (tertiary/aromatic N) is 2. The lowest BCUT2D eigenvalue weighted by molar-refractivity contribution is -0.137. The van der Waals surface area contributed by atoms with Gasteiger partial charge in [-0.2, -0.15) is 13.2 Å². The van der Waals surface area contributed by atoms with Crippen molar-refractivity contribution in [2.75, 3.05) is 7.11 Å². The summed E-state index contributed by atoms with van der Waals surface area (Å²) in [7, 11) is 1.55. The first-order valence-corrected chi connectivity index (χ1v) is 11.6. The van der Waals surface area contributed by atoms with Gasteiger partial charge in [0.05, 0.1) is 24.8 Å². The largest absolute Gasteiger partial charge is 0.496 e. The highest BCUT2D eigenvalue weighted by atomic mass is 19.4. The van der Waals surface area contributed by atoms with E-state index in [0.29, 0.717) is 30.0 Å². The van der Waals surface area contributed by atoms with Gasteiger partial charge < -0.3 is 14.2 Å². The smallest absolute Gasteiger partial charge is 0.416 e. The number of halogens is 3. The van der Waals surface area contributed by atoms with Crippen LogP contribution in [0.1, 0.15) is 59.3 Å². The van der Waals surface area contributed by atoms with E-state index in [1.54, 1.807) is 25.3 Å². The Bertz CT molecular complexity index is 1120. The van der Waals surface area contributed by atoms with Crippen LogP contribution in [0.3, 0.4) is 0 Å². The number of hydrogen-bond donors (Lipinski definition) is 0. The molecule has 1 amide bonds. The van der Waals surface area contributed by atoms with Crippen LogP contribution in [0.15, 0.2) is 66.9 Å². The van der Waals surface area contributed by atoms with E-state index in [0.717, 1.165) is 37.4 Å². The lowest BCUT2D eigenvalue weighted by Crippen LogP contribution is -2.41. The van der Waals surface area contributed by atoms with Gasteiger partial charge in [-0.1, -0.05) is 43.5 Å². The lowest BCUT2D eigenvalue weighted by Gasteiger charge is -2.35. The van der Waals surface area contributed by atoms with Crippen molar-refractivity contribution < 1.29 is 22.7 Å². The van der Waals surface area contributed by atoms with E-state index in [9.17, 15) is 18.0 Å². The molecule has 0 atom stereocenters. The predicted molar refractivity (Wildman–Crippen MR) is 125 cm³/mol. The number of para-hydroxylation sites is 1. The number of hydrogen-bond acceptors (Lipinski definition) is 2. The van der Waals surface area contributed by atoms with Crippen LogP contribution in [-0.4, -0.2) is 28.5 Å². The maximum Gasteiger partial charge on any atom is 0.416 e. The fourth-order valence-electron chi connectivity index (χ4n) is 4.70. The summed E-state index contributed by atoms with van der Waals surface area (Å²) in [6, 6.07) is 16.5. The second-order valence-corrected chi connectivity index (χ2v) is 8.75. The number of amides is 1. The minimum absolute atomic E-state index is 0.0869. The number of carbonyl (C=O) groups excluding carboxylic acids is 1. The molecule has 3 aromatic rings. The standard InChI is InChI=1S/C27H29F3N2O2/c1-34-25-15-6-5-14-24(25)26(33)32(22-11-3-2-4-12-22)19-23-13-8-16-31(23)18-20-9-7-10-21(17-20)27(28,29)30/h5-10,13-17,22H,2-4,11-12,18-19H2,1H3. The molecule has 1 saturated carbocycles. The van der Waals surface area contributed by atoms with Crippen molar-refractivity contribution in [2.45, 2.75) is 57.4 Å². The zero-order valence-electron chi connectivity index (χ0n) is 19.2. The summed E-state index contributed by atoms with van der Waals surface area (Å²) in [5, 5.41) is 0. The number of benzene rings is 2. The molecule has 2 aromatic carbocycles. The Morgan fingerprint density at radius 2 is 1.79 bits per heavy atom. The molecule has 0 bridgehead atoms. The van der Waals surface area contributed by atoms with Crippen LogP contribution in [0, 0.1) is 0 Å². The minimum Gasteiger partial charge on any atom is -0.496 e. The summed E-state index contributed by atoms with van der Waals surface area (Å²) in [6.45, 7) is 0.682. The van der Waals surface area contributed by atoms with Crippen molar-refractivity contribution in [3.8, 4) is 5.75 Å². The Morgan fingerprint density at radius 1 is 1.03 bits per heavy atom. The Hall–Kier alpha value is -3.22. The average molecular weight is 471 g/mol. The molecule has 1 aromatic heterocycles. The number of alkyl halides is 3. The van der Waals surface area contributed by atoms with Gasteiger partial charge in [0.25, 0.3) is 5.91 Å². The van der Waals surface area contributed by atoms with E-state index >= 15 is 0 Å². The summed E-state index contributed by atoms with van der Waals surface area (Å²) in [5.74, 6) is 0.448. The topological polar surface area (TPSA) is 34.5 Å². The molecule has 34 heavy (non-hydrogen) atoms. The molecule has 4 rings (SSSR count). The number of ether oxygens (including phenoxy) is 1. The summed E-state index contributed by atoms with van der Waals surface area (Å²) in [5.41, 5.74) is 1.30. The molecule has 0 saturated heterocycles. The van der Waals surface area contributed by atoms with Gasteiger partial charge in [-0.3, -0.25) is 4.79 Å². The lowest BCUT2D eigenvalue weighted by atomic mass is 9.93. The molecule has 0 radical (unpaired) electrons. The van der Waals surface area contributed by atoms with Gasteiger partial charge in [0.2, 0.25) is 0 Å². The summed E-state index contributed by atoms with van der Waals surface area (Å²) < 4.78 is 46.8. The van der Waals surface area contributed by atoms with Gasteiger partial charge in [0, 0.05) is 24.5 Å². The highest BCUT2D eigenvalue weighted by Gasteiger charge is 2.31. The summed E-state index contributed by atoms with van der Waals surface area (Å²) in [6.07, 6.45) is 2.66. The van der Waals surface area contributed by atoms with Crippen LogP contribution in [0.25, 0.3) is 0 Å². The van der Waals surface area contributed by atoms with Gasteiger partial charge in [-0.15, -0.1) is 0 Å². The molecule has 0 unspecified atom stereocenters. The van der Waals surface area contributed by atoms with Crippen LogP contribution in [0.5, 0.6) is 5.75 Å². The number of rotatable bonds is 7. The molecule has 4 nitrogen and oxygen atoms in total. The van der Waals surface area contributed by atoms with Crippen LogP contribution in [0.2, 0.25) is 0 Å². The van der Waals surface area contributed by atoms with E-state index in [-0.39, 0.29) is 11.9 Å². The first-order valence-electron chi connectivity index (χ1n) is 11.6. The first-order chi connectivity index (χ1) is 16.4. The van der Waals surface area contributed by atoms with Crippen LogP contribution in [-0.2, 0) is 19.3 Å². The van der Waals surface area contributed by atoms with Crippen molar-refractivity contribution >= 4 is 5.91 Å². The average Bonchev–Trinajstić information content (AvgIpc) is 3.28. The molecule has 1 aliphatic rings. The molecule has 0 aliphatic heterocycles. The van der Waals surface area contributed by atoms with Gasteiger partial charge in [-0.05, 0) is 54.8 Å². The summed E-state index contributed by atoms with van der Waals surface area (Å²) in [4.78, 5) is 15.6. The van der Waals surface area contributed by atoms with Crippen molar-refractivity contribution in [3.05, 3.63) is 89.2 Å². The fourth-order valence-corrected chi connectivity index (χ4v) is 4.70. The Kier molecular flexibility index (Phi) is 7.29. The van der Waals surface area contributed by atoms with Gasteiger partial charge >= 0.3 is 6.18 Å². The fraction of sp³-hybridized carbons (Fsp3) is 0.370. The highest BCUT2D eigenvalue weighted by molar-refractivity contribution is 5.97. The van der Waals surface area contributed by atoms with Gasteiger partial charge in [0.1, 0.15) is 5.75 Å². The van der Waals surface area contributed by atoms with Crippen molar-refractivity contribution in [1.82, 2.24) is 9.47 Å². The van der Waals surface area contributed by atoms with Crippen LogP contribution >= 0.6 is 0 Å². The van der Waals surface area contributed by atoms with Gasteiger partial charge in [0.15, 0.2) is 0 Å². The van der Waals surface area contributed by atoms with E-state index in [2.05, 4.69) is 0 Å². The van der Waals surface area contributed by atoms with E-state index < -0.39 is 11.7 Å². The van der Waals surface area contributed by atoms with Crippen LogP contribution in [0.4, 0.5) is 13.2 Å². The maximum atomic E-state index is 13.7. The van der Waals surface area contributed by atoms with E-state index in [1.165, 1.54) is 18.6 Å². The predicted octanol–water partition coefficient (Wildman–Crippen LogP) is 6.54. The zero-order valence-corrected chi connectivity index (χ0v) is 19.2. The van der Waals surface area contributed by atoms with Crippen LogP contribution < -0.4 is 4.74 Å². The summed E-state index contributed by atoms with van der Waals surface area (Å²) >= 11 is 0. The van der Waals surface area contributed by atoms with Crippen molar-refractivity contribution in [3.63, 3.8) is 0 Å². The third kappa shape index (κ3) is 5.46. The zero-order chi connectivity index (χ0) is 24.1. The number of carbonyl (C=O) groups is 1. The Labute approximate surface area is 198 Å². The van der Waals surface area contributed by atoms with Crippen molar-refractivity contribution in [2.24, 2.45) is 0 Å². The molecule has 1 fully saturated rings. The van der Waals surface area contributed by atoms with E-state index in [4.69, 9.17) is 4.74 Å². The normalized spacial score (nSPS) is 14.7. The quantitative estimate of drug-likeness (QED) is 0.393. The number of aromatic nitrogens is 1. The third-order valence-corrected chi connectivity index (χ3v) is 6.48. The molecule has 0 spiro atoms. The highest BCUT2D eigenvalue weighted by Crippen LogP contribution is 2.31. The molecule has 7 heteroatoms. The SMILES string of the molecule is COc1ccccc1C(=O)N(Cc1cccn1Cc1cccc(C(F)(F)F)c1)C1CCCCC1. The third-order valence-electron chi connectivity index (χ3n) is 6.48. The first kappa shape index (κ1) is 23.9. The van der Waals surface area contributed by atoms with Gasteiger partial charge in [-0.25, -0.2) is 0 Å². The molecular formula is C27H29F3N2O2. The monoisotopic (exact) mass is 470 g/mol. The second kappa shape index (κ2) is 10.4. The molecule has 1 aliphatic carbocycles. The molecule has 1 heterocycles. The van der Waals surface area contributed by atoms with E-state index in [1.807, 2.05) is 39.9 Å². The maximum absolute atomic E-state index is 13.7. The second-order valence-electron chi connectivity index (χ2n) is 8.75. The molecule has 0 N–H and O–H groups in total.